The van der Waals surface area contributed by atoms with Crippen LogP contribution in [0.4, 0.5) is 0 Å². The zero-order chi connectivity index (χ0) is 19.7. The molecule has 4 rings (SSSR count). The van der Waals surface area contributed by atoms with Gasteiger partial charge in [-0.2, -0.15) is 0 Å². The molecule has 0 bridgehead atoms. The van der Waals surface area contributed by atoms with Crippen molar-refractivity contribution in [3.63, 3.8) is 0 Å². The Bertz CT molecular complexity index is 1180. The SMILES string of the molecule is Cc1ccccc1OC(=O)c1cc(-c2ccc(Cl)cc2)nc2c(C)cccc12. The third-order valence-corrected chi connectivity index (χ3v) is 4.95. The molecule has 0 fully saturated rings. The summed E-state index contributed by atoms with van der Waals surface area (Å²) >= 11 is 6.01. The number of rotatable bonds is 3. The molecule has 0 aliphatic heterocycles. The second-order valence-electron chi connectivity index (χ2n) is 6.69. The van der Waals surface area contributed by atoms with Gasteiger partial charge in [-0.1, -0.05) is 60.1 Å². The van der Waals surface area contributed by atoms with E-state index < -0.39 is 5.97 Å². The lowest BCUT2D eigenvalue weighted by molar-refractivity contribution is 0.0735. The molecule has 0 spiro atoms. The molecule has 3 aromatic carbocycles. The van der Waals surface area contributed by atoms with Crippen LogP contribution < -0.4 is 4.74 Å². The van der Waals surface area contributed by atoms with E-state index in [2.05, 4.69) is 0 Å². The fraction of sp³-hybridized carbons (Fsp3) is 0.0833. The van der Waals surface area contributed by atoms with Gasteiger partial charge in [0.05, 0.1) is 16.8 Å². The molecule has 0 aliphatic rings. The van der Waals surface area contributed by atoms with Crippen molar-refractivity contribution >= 4 is 28.5 Å². The molecular formula is C24H18ClNO2. The van der Waals surface area contributed by atoms with E-state index in [0.29, 0.717) is 22.0 Å². The molecule has 28 heavy (non-hydrogen) atoms. The van der Waals surface area contributed by atoms with E-state index >= 15 is 0 Å². The Balaban J connectivity index is 1.86. The van der Waals surface area contributed by atoms with Gasteiger partial charge in [0, 0.05) is 16.0 Å². The first-order valence-corrected chi connectivity index (χ1v) is 9.35. The van der Waals surface area contributed by atoms with Crippen LogP contribution in [0, 0.1) is 13.8 Å². The number of aromatic nitrogens is 1. The molecule has 0 radical (unpaired) electrons. The zero-order valence-corrected chi connectivity index (χ0v) is 16.3. The Kier molecular flexibility index (Phi) is 4.84. The molecule has 0 saturated carbocycles. The number of ether oxygens (including phenoxy) is 1. The fourth-order valence-corrected chi connectivity index (χ4v) is 3.28. The number of esters is 1. The highest BCUT2D eigenvalue weighted by Crippen LogP contribution is 2.29. The minimum atomic E-state index is -0.400. The van der Waals surface area contributed by atoms with Crippen molar-refractivity contribution in [2.45, 2.75) is 13.8 Å². The number of pyridine rings is 1. The third kappa shape index (κ3) is 3.49. The lowest BCUT2D eigenvalue weighted by Crippen LogP contribution is -2.11. The molecule has 4 aromatic rings. The average molecular weight is 388 g/mol. The maximum absolute atomic E-state index is 13.1. The minimum Gasteiger partial charge on any atom is -0.423 e. The lowest BCUT2D eigenvalue weighted by atomic mass is 10.0. The molecular weight excluding hydrogens is 370 g/mol. The van der Waals surface area contributed by atoms with Gasteiger partial charge in [-0.05, 0) is 49.2 Å². The van der Waals surface area contributed by atoms with Gasteiger partial charge < -0.3 is 4.74 Å². The van der Waals surface area contributed by atoms with E-state index in [1.807, 2.05) is 74.5 Å². The second kappa shape index (κ2) is 7.45. The van der Waals surface area contributed by atoms with Crippen LogP contribution in [0.2, 0.25) is 5.02 Å². The highest BCUT2D eigenvalue weighted by molar-refractivity contribution is 6.30. The number of hydrogen-bond acceptors (Lipinski definition) is 3. The van der Waals surface area contributed by atoms with E-state index in [1.165, 1.54) is 0 Å². The number of carbonyl (C=O) groups is 1. The lowest BCUT2D eigenvalue weighted by Gasteiger charge is -2.12. The highest BCUT2D eigenvalue weighted by Gasteiger charge is 2.17. The van der Waals surface area contributed by atoms with Gasteiger partial charge in [-0.25, -0.2) is 9.78 Å². The standard InChI is InChI=1S/C24H18ClNO2/c1-15-6-3-4-9-22(15)28-24(27)20-14-21(17-10-12-18(25)13-11-17)26-23-16(2)7-5-8-19(20)23/h3-14H,1-2H3. The third-order valence-electron chi connectivity index (χ3n) is 4.70. The molecule has 4 heteroatoms. The van der Waals surface area contributed by atoms with Crippen molar-refractivity contribution < 1.29 is 9.53 Å². The van der Waals surface area contributed by atoms with Gasteiger partial charge in [0.2, 0.25) is 0 Å². The van der Waals surface area contributed by atoms with Crippen LogP contribution in [0.15, 0.2) is 72.8 Å². The summed E-state index contributed by atoms with van der Waals surface area (Å²) in [6.45, 7) is 3.90. The average Bonchev–Trinajstić information content (AvgIpc) is 2.70. The largest absolute Gasteiger partial charge is 0.423 e. The van der Waals surface area contributed by atoms with Crippen molar-refractivity contribution in [2.24, 2.45) is 0 Å². The Morgan fingerprint density at radius 3 is 2.36 bits per heavy atom. The van der Waals surface area contributed by atoms with E-state index in [-0.39, 0.29) is 0 Å². The van der Waals surface area contributed by atoms with E-state index in [9.17, 15) is 4.79 Å². The summed E-state index contributed by atoms with van der Waals surface area (Å²) < 4.78 is 5.70. The number of para-hydroxylation sites is 2. The number of carbonyl (C=O) groups excluding carboxylic acids is 1. The van der Waals surface area contributed by atoms with E-state index in [1.54, 1.807) is 12.1 Å². The van der Waals surface area contributed by atoms with Crippen molar-refractivity contribution in [1.29, 1.82) is 0 Å². The molecule has 1 aromatic heterocycles. The molecule has 3 nitrogen and oxygen atoms in total. The predicted octanol–water partition coefficient (Wildman–Crippen LogP) is 6.39. The monoisotopic (exact) mass is 387 g/mol. The zero-order valence-electron chi connectivity index (χ0n) is 15.6. The summed E-state index contributed by atoms with van der Waals surface area (Å²) in [6, 6.07) is 22.5. The van der Waals surface area contributed by atoms with Crippen molar-refractivity contribution in [1.82, 2.24) is 4.98 Å². The van der Waals surface area contributed by atoms with Gasteiger partial charge >= 0.3 is 5.97 Å². The van der Waals surface area contributed by atoms with Crippen LogP contribution in [0.25, 0.3) is 22.2 Å². The first-order valence-electron chi connectivity index (χ1n) is 8.97. The Morgan fingerprint density at radius 2 is 1.61 bits per heavy atom. The van der Waals surface area contributed by atoms with Gasteiger partial charge in [0.1, 0.15) is 5.75 Å². The number of aryl methyl sites for hydroxylation is 2. The van der Waals surface area contributed by atoms with Crippen LogP contribution in [0.1, 0.15) is 21.5 Å². The van der Waals surface area contributed by atoms with Gasteiger partial charge in [-0.3, -0.25) is 0 Å². The Labute approximate surface area is 168 Å². The van der Waals surface area contributed by atoms with Crippen LogP contribution in [0.3, 0.4) is 0 Å². The summed E-state index contributed by atoms with van der Waals surface area (Å²) in [5, 5.41) is 1.43. The van der Waals surface area contributed by atoms with Crippen molar-refractivity contribution in [3.05, 3.63) is 94.5 Å². The maximum Gasteiger partial charge on any atom is 0.344 e. The van der Waals surface area contributed by atoms with Crippen molar-refractivity contribution in [2.75, 3.05) is 0 Å². The fourth-order valence-electron chi connectivity index (χ4n) is 3.16. The molecule has 0 amide bonds. The highest BCUT2D eigenvalue weighted by atomic mass is 35.5. The van der Waals surface area contributed by atoms with Gasteiger partial charge in [-0.15, -0.1) is 0 Å². The smallest absolute Gasteiger partial charge is 0.344 e. The number of benzene rings is 3. The molecule has 1 heterocycles. The normalized spacial score (nSPS) is 10.8. The van der Waals surface area contributed by atoms with Crippen LogP contribution >= 0.6 is 11.6 Å². The van der Waals surface area contributed by atoms with Gasteiger partial charge in [0.25, 0.3) is 0 Å². The quantitative estimate of drug-likeness (QED) is 0.302. The molecule has 0 N–H and O–H groups in total. The van der Waals surface area contributed by atoms with Gasteiger partial charge in [0.15, 0.2) is 0 Å². The molecule has 0 aliphatic carbocycles. The molecule has 0 atom stereocenters. The summed E-state index contributed by atoms with van der Waals surface area (Å²) in [5.41, 5.74) is 4.77. The maximum atomic E-state index is 13.1. The minimum absolute atomic E-state index is 0.400. The topological polar surface area (TPSA) is 39.2 Å². The Morgan fingerprint density at radius 1 is 0.893 bits per heavy atom. The first kappa shape index (κ1) is 18.2. The summed E-state index contributed by atoms with van der Waals surface area (Å²) in [7, 11) is 0. The summed E-state index contributed by atoms with van der Waals surface area (Å²) in [6.07, 6.45) is 0. The predicted molar refractivity (Wildman–Crippen MR) is 113 cm³/mol. The second-order valence-corrected chi connectivity index (χ2v) is 7.12. The van der Waals surface area contributed by atoms with E-state index in [0.717, 1.165) is 27.6 Å². The summed E-state index contributed by atoms with van der Waals surface area (Å²) in [4.78, 5) is 17.8. The number of nitrogens with zero attached hydrogens (tertiary/aromatic N) is 1. The molecule has 138 valence electrons. The number of fused-ring (bicyclic) bond motifs is 1. The van der Waals surface area contributed by atoms with Crippen LogP contribution in [-0.4, -0.2) is 11.0 Å². The summed E-state index contributed by atoms with van der Waals surface area (Å²) in [5.74, 6) is 0.153. The molecule has 0 unspecified atom stereocenters. The first-order chi connectivity index (χ1) is 13.5. The Hall–Kier alpha value is -3.17. The molecule has 0 saturated heterocycles. The van der Waals surface area contributed by atoms with Crippen LogP contribution in [0.5, 0.6) is 5.75 Å². The number of hydrogen-bond donors (Lipinski definition) is 0. The number of halogens is 1. The van der Waals surface area contributed by atoms with E-state index in [4.69, 9.17) is 21.3 Å². The van der Waals surface area contributed by atoms with Crippen LogP contribution in [-0.2, 0) is 0 Å². The van der Waals surface area contributed by atoms with Crippen molar-refractivity contribution in [3.8, 4) is 17.0 Å².